The molecule has 2 N–H and O–H groups in total. The lowest BCUT2D eigenvalue weighted by Gasteiger charge is -2.12. The van der Waals surface area contributed by atoms with Crippen LogP contribution in [-0.2, 0) is 0 Å². The minimum Gasteiger partial charge on any atom is -0.387 e. The van der Waals surface area contributed by atoms with Gasteiger partial charge in [-0.15, -0.1) is 0 Å². The van der Waals surface area contributed by atoms with E-state index in [9.17, 15) is 13.9 Å². The number of aliphatic hydroxyl groups is 1. The van der Waals surface area contributed by atoms with Crippen molar-refractivity contribution in [3.05, 3.63) is 35.4 Å². The van der Waals surface area contributed by atoms with Gasteiger partial charge in [0.25, 0.3) is 0 Å². The summed E-state index contributed by atoms with van der Waals surface area (Å²) in [5.74, 6) is -0.636. The molecule has 1 atom stereocenters. The van der Waals surface area contributed by atoms with Crippen LogP contribution in [0.2, 0.25) is 0 Å². The quantitative estimate of drug-likeness (QED) is 0.685. The summed E-state index contributed by atoms with van der Waals surface area (Å²) < 4.78 is 25.7. The van der Waals surface area contributed by atoms with Crippen LogP contribution in [0.5, 0.6) is 0 Å². The molecule has 1 aromatic carbocycles. The van der Waals surface area contributed by atoms with Crippen LogP contribution in [0.4, 0.5) is 8.78 Å². The van der Waals surface area contributed by atoms with Crippen molar-refractivity contribution >= 4 is 11.8 Å². The molecular weight excluding hydrogens is 268 g/mol. The maximum Gasteiger partial charge on any atom is 0.159 e. The Kier molecular flexibility index (Phi) is 8.02. The van der Waals surface area contributed by atoms with Gasteiger partial charge in [0, 0.05) is 6.54 Å². The van der Waals surface area contributed by atoms with Crippen LogP contribution in [0.25, 0.3) is 0 Å². The summed E-state index contributed by atoms with van der Waals surface area (Å²) in [6.07, 6.45) is 4.71. The molecule has 1 unspecified atom stereocenters. The number of aliphatic hydroxyl groups excluding tert-OH is 1. The number of nitrogens with one attached hydrogen (secondary N) is 1. The molecule has 0 saturated carbocycles. The first-order chi connectivity index (χ1) is 9.15. The Morgan fingerprint density at radius 2 is 2.00 bits per heavy atom. The van der Waals surface area contributed by atoms with Crippen LogP contribution in [-0.4, -0.2) is 30.2 Å². The van der Waals surface area contributed by atoms with Crippen molar-refractivity contribution in [2.75, 3.05) is 25.1 Å². The summed E-state index contributed by atoms with van der Waals surface area (Å²) in [5.41, 5.74) is 0.397. The van der Waals surface area contributed by atoms with Crippen LogP contribution >= 0.6 is 11.8 Å². The number of thioether (sulfide) groups is 1. The standard InChI is InChI=1S/C14H21F2NOS/c1-19-8-4-2-3-7-17-10-14(18)11-5-6-12(15)13(16)9-11/h5-6,9,14,17-18H,2-4,7-8,10H2,1H3. The molecule has 0 bridgehead atoms. The van der Waals surface area contributed by atoms with Crippen molar-refractivity contribution in [3.8, 4) is 0 Å². The molecule has 0 radical (unpaired) electrons. The number of hydrogen-bond donors (Lipinski definition) is 2. The average molecular weight is 289 g/mol. The predicted molar refractivity (Wildman–Crippen MR) is 76.4 cm³/mol. The van der Waals surface area contributed by atoms with Gasteiger partial charge < -0.3 is 10.4 Å². The normalized spacial score (nSPS) is 12.6. The fraction of sp³-hybridized carbons (Fsp3) is 0.571. The van der Waals surface area contributed by atoms with Gasteiger partial charge in [-0.3, -0.25) is 0 Å². The first-order valence-electron chi connectivity index (χ1n) is 6.48. The minimum atomic E-state index is -0.923. The molecule has 108 valence electrons. The van der Waals surface area contributed by atoms with Crippen LogP contribution in [0.1, 0.15) is 30.9 Å². The molecule has 19 heavy (non-hydrogen) atoms. The summed E-state index contributed by atoms with van der Waals surface area (Å²) >= 11 is 1.84. The molecule has 0 saturated heterocycles. The fourth-order valence-corrected chi connectivity index (χ4v) is 2.24. The van der Waals surface area contributed by atoms with Crippen LogP contribution in [0, 0.1) is 11.6 Å². The highest BCUT2D eigenvalue weighted by Crippen LogP contribution is 2.15. The zero-order valence-corrected chi connectivity index (χ0v) is 12.0. The molecule has 5 heteroatoms. The highest BCUT2D eigenvalue weighted by molar-refractivity contribution is 7.98. The maximum atomic E-state index is 13.0. The molecular formula is C14H21F2NOS. The molecule has 0 spiro atoms. The van der Waals surface area contributed by atoms with Gasteiger partial charge >= 0.3 is 0 Å². The van der Waals surface area contributed by atoms with E-state index in [1.165, 1.54) is 18.2 Å². The first-order valence-corrected chi connectivity index (χ1v) is 7.87. The van der Waals surface area contributed by atoms with Crippen LogP contribution in [0.3, 0.4) is 0 Å². The molecule has 0 fully saturated rings. The Labute approximate surface area is 117 Å². The molecule has 1 rings (SSSR count). The van der Waals surface area contributed by atoms with E-state index in [0.717, 1.165) is 31.5 Å². The van der Waals surface area contributed by atoms with Gasteiger partial charge in [-0.1, -0.05) is 12.5 Å². The Morgan fingerprint density at radius 1 is 1.21 bits per heavy atom. The SMILES string of the molecule is CSCCCCCNCC(O)c1ccc(F)c(F)c1. The van der Waals surface area contributed by atoms with E-state index >= 15 is 0 Å². The number of unbranched alkanes of at least 4 members (excludes halogenated alkanes) is 2. The molecule has 1 aromatic rings. The summed E-state index contributed by atoms with van der Waals surface area (Å²) in [7, 11) is 0. The molecule has 0 amide bonds. The topological polar surface area (TPSA) is 32.3 Å². The van der Waals surface area contributed by atoms with Crippen molar-refractivity contribution in [3.63, 3.8) is 0 Å². The van der Waals surface area contributed by atoms with Gasteiger partial charge in [0.1, 0.15) is 0 Å². The van der Waals surface area contributed by atoms with E-state index in [1.807, 2.05) is 11.8 Å². The molecule has 2 nitrogen and oxygen atoms in total. The minimum absolute atomic E-state index is 0.355. The van der Waals surface area contributed by atoms with Crippen molar-refractivity contribution < 1.29 is 13.9 Å². The van der Waals surface area contributed by atoms with E-state index in [-0.39, 0.29) is 0 Å². The molecule has 0 aliphatic carbocycles. The highest BCUT2D eigenvalue weighted by atomic mass is 32.2. The highest BCUT2D eigenvalue weighted by Gasteiger charge is 2.10. The van der Waals surface area contributed by atoms with Gasteiger partial charge in [-0.25, -0.2) is 8.78 Å². The lowest BCUT2D eigenvalue weighted by molar-refractivity contribution is 0.174. The third-order valence-corrected chi connectivity index (χ3v) is 3.57. The zero-order chi connectivity index (χ0) is 14.1. The van der Waals surface area contributed by atoms with Gasteiger partial charge in [-0.2, -0.15) is 11.8 Å². The number of hydrogen-bond acceptors (Lipinski definition) is 3. The van der Waals surface area contributed by atoms with E-state index in [2.05, 4.69) is 11.6 Å². The lowest BCUT2D eigenvalue weighted by atomic mass is 10.1. The fourth-order valence-electron chi connectivity index (χ4n) is 1.75. The smallest absolute Gasteiger partial charge is 0.159 e. The van der Waals surface area contributed by atoms with Crippen molar-refractivity contribution in [2.45, 2.75) is 25.4 Å². The second-order valence-corrected chi connectivity index (χ2v) is 5.43. The third kappa shape index (κ3) is 6.36. The van der Waals surface area contributed by atoms with Crippen molar-refractivity contribution in [2.24, 2.45) is 0 Å². The maximum absolute atomic E-state index is 13.0. The largest absolute Gasteiger partial charge is 0.387 e. The second-order valence-electron chi connectivity index (χ2n) is 4.45. The molecule has 0 aliphatic rings. The zero-order valence-electron chi connectivity index (χ0n) is 11.2. The molecule has 0 aromatic heterocycles. The van der Waals surface area contributed by atoms with Gasteiger partial charge in [-0.05, 0) is 49.1 Å². The van der Waals surface area contributed by atoms with E-state index in [1.54, 1.807) is 0 Å². The van der Waals surface area contributed by atoms with Gasteiger partial charge in [0.2, 0.25) is 0 Å². The number of benzene rings is 1. The van der Waals surface area contributed by atoms with Crippen LogP contribution in [0.15, 0.2) is 18.2 Å². The third-order valence-electron chi connectivity index (χ3n) is 2.87. The second kappa shape index (κ2) is 9.28. The number of rotatable bonds is 9. The summed E-state index contributed by atoms with van der Waals surface area (Å²) in [6, 6.07) is 3.49. The Hall–Kier alpha value is -0.650. The van der Waals surface area contributed by atoms with Crippen molar-refractivity contribution in [1.82, 2.24) is 5.32 Å². The van der Waals surface area contributed by atoms with Gasteiger partial charge in [0.05, 0.1) is 6.10 Å². The molecule has 0 aliphatic heterocycles. The van der Waals surface area contributed by atoms with Crippen LogP contribution < -0.4 is 5.32 Å². The Morgan fingerprint density at radius 3 is 2.68 bits per heavy atom. The molecule has 0 heterocycles. The number of halogens is 2. The summed E-state index contributed by atoms with van der Waals surface area (Å²) in [4.78, 5) is 0. The van der Waals surface area contributed by atoms with Gasteiger partial charge in [0.15, 0.2) is 11.6 Å². The Balaban J connectivity index is 2.20. The summed E-state index contributed by atoms with van der Waals surface area (Å²) in [6.45, 7) is 1.18. The predicted octanol–water partition coefficient (Wildman–Crippen LogP) is 3.12. The van der Waals surface area contributed by atoms with Crippen molar-refractivity contribution in [1.29, 1.82) is 0 Å². The first kappa shape index (κ1) is 16.4. The Bertz CT molecular complexity index is 376. The van der Waals surface area contributed by atoms with E-state index in [0.29, 0.717) is 12.1 Å². The van der Waals surface area contributed by atoms with E-state index in [4.69, 9.17) is 0 Å². The lowest BCUT2D eigenvalue weighted by Crippen LogP contribution is -2.22. The summed E-state index contributed by atoms with van der Waals surface area (Å²) in [5, 5.41) is 12.9. The monoisotopic (exact) mass is 289 g/mol. The van der Waals surface area contributed by atoms with E-state index < -0.39 is 17.7 Å². The average Bonchev–Trinajstić information content (AvgIpc) is 2.40.